The smallest absolute Gasteiger partial charge is 0.141 e. The molecule has 2 aromatic heterocycles. The van der Waals surface area contributed by atoms with Gasteiger partial charge in [0.05, 0.1) is 17.2 Å². The molecule has 2 heterocycles. The lowest BCUT2D eigenvalue weighted by Gasteiger charge is -2.08. The summed E-state index contributed by atoms with van der Waals surface area (Å²) in [5.41, 5.74) is 10.8. The topological polar surface area (TPSA) is 56.7 Å². The van der Waals surface area contributed by atoms with Gasteiger partial charge in [-0.1, -0.05) is 12.1 Å². The molecule has 0 spiro atoms. The van der Waals surface area contributed by atoms with Crippen LogP contribution < -0.4 is 5.73 Å². The van der Waals surface area contributed by atoms with Crippen molar-refractivity contribution in [3.05, 3.63) is 42.2 Å². The highest BCUT2D eigenvalue weighted by Crippen LogP contribution is 2.28. The number of aromatic nitrogens is 3. The third kappa shape index (κ3) is 1.46. The van der Waals surface area contributed by atoms with Crippen LogP contribution in [-0.4, -0.2) is 14.5 Å². The highest BCUT2D eigenvalue weighted by Gasteiger charge is 2.12. The number of pyridine rings is 1. The second-order valence-electron chi connectivity index (χ2n) is 4.38. The normalized spacial score (nSPS) is 11.0. The van der Waals surface area contributed by atoms with Gasteiger partial charge in [-0.25, -0.2) is 4.98 Å². The van der Waals surface area contributed by atoms with E-state index in [2.05, 4.69) is 9.97 Å². The van der Waals surface area contributed by atoms with Crippen LogP contribution >= 0.6 is 0 Å². The van der Waals surface area contributed by atoms with E-state index in [-0.39, 0.29) is 0 Å². The van der Waals surface area contributed by atoms with Crippen LogP contribution in [0.3, 0.4) is 0 Å². The number of hydrogen-bond donors (Lipinski definition) is 1. The van der Waals surface area contributed by atoms with E-state index in [1.165, 1.54) is 0 Å². The Labute approximate surface area is 105 Å². The fourth-order valence-corrected chi connectivity index (χ4v) is 2.17. The van der Waals surface area contributed by atoms with Gasteiger partial charge in [0, 0.05) is 24.5 Å². The van der Waals surface area contributed by atoms with Crippen LogP contribution in [-0.2, 0) is 7.05 Å². The van der Waals surface area contributed by atoms with Gasteiger partial charge in [0.15, 0.2) is 0 Å². The zero-order valence-corrected chi connectivity index (χ0v) is 10.4. The molecule has 0 radical (unpaired) electrons. The molecule has 4 nitrogen and oxygen atoms in total. The number of imidazole rings is 1. The minimum absolute atomic E-state index is 0.790. The van der Waals surface area contributed by atoms with Gasteiger partial charge in [0.25, 0.3) is 0 Å². The molecule has 0 aliphatic rings. The predicted octanol–water partition coefficient (Wildman–Crippen LogP) is 2.53. The SMILES string of the molecule is Cc1c(N)cccc1-c1nc2ccncc2n1C. The lowest BCUT2D eigenvalue weighted by molar-refractivity contribution is 0.954. The van der Waals surface area contributed by atoms with Crippen molar-refractivity contribution >= 4 is 16.7 Å². The van der Waals surface area contributed by atoms with Gasteiger partial charge in [-0.15, -0.1) is 0 Å². The summed E-state index contributed by atoms with van der Waals surface area (Å²) in [7, 11) is 2.00. The van der Waals surface area contributed by atoms with Crippen molar-refractivity contribution in [2.45, 2.75) is 6.92 Å². The molecule has 0 amide bonds. The van der Waals surface area contributed by atoms with Crippen LogP contribution in [0.1, 0.15) is 5.56 Å². The number of benzene rings is 1. The molecule has 0 unspecified atom stereocenters. The zero-order chi connectivity index (χ0) is 12.7. The molecule has 3 aromatic rings. The minimum Gasteiger partial charge on any atom is -0.398 e. The summed E-state index contributed by atoms with van der Waals surface area (Å²) in [5, 5.41) is 0. The van der Waals surface area contributed by atoms with Crippen molar-refractivity contribution in [1.29, 1.82) is 0 Å². The number of nitrogens with two attached hydrogens (primary N) is 1. The van der Waals surface area contributed by atoms with E-state index in [0.29, 0.717) is 0 Å². The predicted molar refractivity (Wildman–Crippen MR) is 73.1 cm³/mol. The summed E-state index contributed by atoms with van der Waals surface area (Å²) in [4.78, 5) is 8.79. The molecule has 0 aliphatic carbocycles. The van der Waals surface area contributed by atoms with Gasteiger partial charge in [-0.05, 0) is 24.6 Å². The van der Waals surface area contributed by atoms with Crippen LogP contribution in [0.5, 0.6) is 0 Å². The first kappa shape index (κ1) is 10.8. The van der Waals surface area contributed by atoms with Crippen molar-refractivity contribution in [2.24, 2.45) is 7.05 Å². The summed E-state index contributed by atoms with van der Waals surface area (Å²) in [5.74, 6) is 0.919. The fraction of sp³-hybridized carbons (Fsp3) is 0.143. The van der Waals surface area contributed by atoms with Gasteiger partial charge in [-0.2, -0.15) is 0 Å². The fourth-order valence-electron chi connectivity index (χ4n) is 2.17. The lowest BCUT2D eigenvalue weighted by Crippen LogP contribution is -1.97. The molecule has 2 N–H and O–H groups in total. The highest BCUT2D eigenvalue weighted by atomic mass is 15.1. The average molecular weight is 238 g/mol. The number of nitrogen functional groups attached to an aromatic ring is 1. The highest BCUT2D eigenvalue weighted by molar-refractivity contribution is 5.81. The van der Waals surface area contributed by atoms with Gasteiger partial charge in [0.1, 0.15) is 5.82 Å². The number of nitrogens with zero attached hydrogens (tertiary/aromatic N) is 3. The van der Waals surface area contributed by atoms with E-state index in [0.717, 1.165) is 33.7 Å². The summed E-state index contributed by atoms with van der Waals surface area (Å²) >= 11 is 0. The number of hydrogen-bond acceptors (Lipinski definition) is 3. The largest absolute Gasteiger partial charge is 0.398 e. The van der Waals surface area contributed by atoms with Crippen LogP contribution in [0.25, 0.3) is 22.4 Å². The Morgan fingerprint density at radius 3 is 2.83 bits per heavy atom. The van der Waals surface area contributed by atoms with Crippen molar-refractivity contribution in [2.75, 3.05) is 5.73 Å². The van der Waals surface area contributed by atoms with Crippen LogP contribution in [0.4, 0.5) is 5.69 Å². The van der Waals surface area contributed by atoms with E-state index >= 15 is 0 Å². The quantitative estimate of drug-likeness (QED) is 0.663. The van der Waals surface area contributed by atoms with Crippen molar-refractivity contribution in [1.82, 2.24) is 14.5 Å². The molecule has 0 atom stereocenters. The van der Waals surface area contributed by atoms with E-state index < -0.39 is 0 Å². The molecule has 3 rings (SSSR count). The molecule has 0 bridgehead atoms. The summed E-state index contributed by atoms with van der Waals surface area (Å²) in [6.45, 7) is 2.02. The first-order chi connectivity index (χ1) is 8.68. The van der Waals surface area contributed by atoms with E-state index in [4.69, 9.17) is 5.73 Å². The Balaban J connectivity index is 2.32. The Hall–Kier alpha value is -2.36. The monoisotopic (exact) mass is 238 g/mol. The maximum absolute atomic E-state index is 5.95. The summed E-state index contributed by atoms with van der Waals surface area (Å²) in [6.07, 6.45) is 3.58. The van der Waals surface area contributed by atoms with Crippen LogP contribution in [0.15, 0.2) is 36.7 Å². The van der Waals surface area contributed by atoms with Crippen molar-refractivity contribution in [3.63, 3.8) is 0 Å². The number of aryl methyl sites for hydroxylation is 1. The first-order valence-corrected chi connectivity index (χ1v) is 5.80. The van der Waals surface area contributed by atoms with Crippen LogP contribution in [0.2, 0.25) is 0 Å². The third-order valence-corrected chi connectivity index (χ3v) is 3.30. The lowest BCUT2D eigenvalue weighted by atomic mass is 10.1. The Morgan fingerprint density at radius 2 is 2.06 bits per heavy atom. The Kier molecular flexibility index (Phi) is 2.30. The van der Waals surface area contributed by atoms with E-state index in [9.17, 15) is 0 Å². The van der Waals surface area contributed by atoms with Gasteiger partial charge >= 0.3 is 0 Å². The number of rotatable bonds is 1. The maximum Gasteiger partial charge on any atom is 0.141 e. The molecule has 4 heteroatoms. The third-order valence-electron chi connectivity index (χ3n) is 3.30. The first-order valence-electron chi connectivity index (χ1n) is 5.80. The van der Waals surface area contributed by atoms with E-state index in [1.807, 2.05) is 49.0 Å². The molecule has 1 aromatic carbocycles. The maximum atomic E-state index is 5.95. The molecule has 90 valence electrons. The van der Waals surface area contributed by atoms with Crippen LogP contribution in [0, 0.1) is 6.92 Å². The van der Waals surface area contributed by atoms with Crippen molar-refractivity contribution in [3.8, 4) is 11.4 Å². The second-order valence-corrected chi connectivity index (χ2v) is 4.38. The molecular weight excluding hydrogens is 224 g/mol. The number of fused-ring (bicyclic) bond motifs is 1. The minimum atomic E-state index is 0.790. The van der Waals surface area contributed by atoms with Gasteiger partial charge in [0.2, 0.25) is 0 Å². The summed E-state index contributed by atoms with van der Waals surface area (Å²) in [6, 6.07) is 7.82. The molecule has 0 saturated heterocycles. The molecule has 0 aliphatic heterocycles. The molecular formula is C14H14N4. The Morgan fingerprint density at radius 1 is 1.22 bits per heavy atom. The molecule has 0 saturated carbocycles. The van der Waals surface area contributed by atoms with E-state index in [1.54, 1.807) is 6.20 Å². The summed E-state index contributed by atoms with van der Waals surface area (Å²) < 4.78 is 2.05. The Bertz CT molecular complexity index is 728. The number of anilines is 1. The average Bonchev–Trinajstić information content (AvgIpc) is 2.71. The molecule has 18 heavy (non-hydrogen) atoms. The standard InChI is InChI=1S/C14H14N4/c1-9-10(4-3-5-11(9)15)14-17-12-6-7-16-8-13(12)18(14)2/h3-8H,15H2,1-2H3. The zero-order valence-electron chi connectivity index (χ0n) is 10.4. The molecule has 0 fully saturated rings. The second kappa shape index (κ2) is 3.84. The van der Waals surface area contributed by atoms with Crippen molar-refractivity contribution < 1.29 is 0 Å². The van der Waals surface area contributed by atoms with Gasteiger partial charge in [-0.3, -0.25) is 4.98 Å². The van der Waals surface area contributed by atoms with Gasteiger partial charge < -0.3 is 10.3 Å².